The summed E-state index contributed by atoms with van der Waals surface area (Å²) < 4.78 is 0. The maximum atomic E-state index is 9.19. The zero-order chi connectivity index (χ0) is 9.80. The van der Waals surface area contributed by atoms with Crippen LogP contribution in [0, 0.1) is 5.92 Å². The van der Waals surface area contributed by atoms with Gasteiger partial charge >= 0.3 is 0 Å². The first-order valence-corrected chi connectivity index (χ1v) is 6.25. The molecular formula is C12H23NO. The van der Waals surface area contributed by atoms with E-state index in [1.54, 1.807) is 0 Å². The molecule has 1 N–H and O–H groups in total. The summed E-state index contributed by atoms with van der Waals surface area (Å²) in [6.07, 6.45) is 9.69. The number of likely N-dealkylation sites (tertiary alicyclic amines) is 1. The number of rotatable bonds is 4. The van der Waals surface area contributed by atoms with Crippen LogP contribution in [-0.4, -0.2) is 35.7 Å². The molecule has 2 heteroatoms. The van der Waals surface area contributed by atoms with Gasteiger partial charge in [0.15, 0.2) is 0 Å². The summed E-state index contributed by atoms with van der Waals surface area (Å²) in [4.78, 5) is 2.50. The topological polar surface area (TPSA) is 23.5 Å². The van der Waals surface area contributed by atoms with E-state index in [2.05, 4.69) is 4.90 Å². The number of hydrogen-bond acceptors (Lipinski definition) is 2. The van der Waals surface area contributed by atoms with Crippen molar-refractivity contribution in [1.29, 1.82) is 0 Å². The summed E-state index contributed by atoms with van der Waals surface area (Å²) >= 11 is 0. The Hall–Kier alpha value is -0.0800. The fourth-order valence-electron chi connectivity index (χ4n) is 3.04. The lowest BCUT2D eigenvalue weighted by Crippen LogP contribution is -2.33. The number of aliphatic hydroxyl groups is 1. The number of nitrogens with zero attached hydrogens (tertiary/aromatic N) is 1. The van der Waals surface area contributed by atoms with Crippen LogP contribution in [0.1, 0.15) is 44.9 Å². The molecule has 0 aromatic rings. The summed E-state index contributed by atoms with van der Waals surface area (Å²) in [5.74, 6) is 0.995. The highest BCUT2D eigenvalue weighted by atomic mass is 16.3. The molecule has 2 fully saturated rings. The molecular weight excluding hydrogens is 174 g/mol. The first kappa shape index (κ1) is 10.4. The van der Waals surface area contributed by atoms with Crippen LogP contribution < -0.4 is 0 Å². The molecule has 2 rings (SSSR count). The van der Waals surface area contributed by atoms with Crippen LogP contribution in [0.25, 0.3) is 0 Å². The second kappa shape index (κ2) is 5.13. The molecule has 0 amide bonds. The largest absolute Gasteiger partial charge is 0.395 e. The van der Waals surface area contributed by atoms with E-state index >= 15 is 0 Å². The molecule has 2 nitrogen and oxygen atoms in total. The van der Waals surface area contributed by atoms with Gasteiger partial charge in [0.25, 0.3) is 0 Å². The third-order valence-electron chi connectivity index (χ3n) is 4.01. The van der Waals surface area contributed by atoms with E-state index in [1.807, 2.05) is 0 Å². The lowest BCUT2D eigenvalue weighted by atomic mass is 10.0. The van der Waals surface area contributed by atoms with Gasteiger partial charge in [-0.15, -0.1) is 0 Å². The number of aliphatic hydroxyl groups excluding tert-OH is 1. The Kier molecular flexibility index (Phi) is 3.82. The second-order valence-corrected chi connectivity index (χ2v) is 4.95. The van der Waals surface area contributed by atoms with Gasteiger partial charge in [0.1, 0.15) is 0 Å². The van der Waals surface area contributed by atoms with E-state index in [0.29, 0.717) is 12.6 Å². The average molecular weight is 197 g/mol. The standard InChI is InChI=1S/C12H23NO/c14-10-12-6-3-8-13(12)9-7-11-4-1-2-5-11/h11-12,14H,1-10H2/t12-/m0/s1. The van der Waals surface area contributed by atoms with Crippen LogP contribution in [0.2, 0.25) is 0 Å². The van der Waals surface area contributed by atoms with Gasteiger partial charge in [-0.1, -0.05) is 25.7 Å². The fourth-order valence-corrected chi connectivity index (χ4v) is 3.04. The molecule has 82 valence electrons. The highest BCUT2D eigenvalue weighted by molar-refractivity contribution is 4.79. The Morgan fingerprint density at radius 1 is 1.07 bits per heavy atom. The van der Waals surface area contributed by atoms with Gasteiger partial charge in [0, 0.05) is 6.04 Å². The summed E-state index contributed by atoms with van der Waals surface area (Å²) in [6, 6.07) is 0.483. The lowest BCUT2D eigenvalue weighted by Gasteiger charge is -2.23. The molecule has 0 aromatic heterocycles. The molecule has 0 spiro atoms. The Morgan fingerprint density at radius 3 is 2.57 bits per heavy atom. The van der Waals surface area contributed by atoms with Crippen LogP contribution in [0.15, 0.2) is 0 Å². The molecule has 0 radical (unpaired) electrons. The van der Waals surface area contributed by atoms with Gasteiger partial charge in [-0.2, -0.15) is 0 Å². The van der Waals surface area contributed by atoms with Gasteiger partial charge in [0.2, 0.25) is 0 Å². The van der Waals surface area contributed by atoms with Crippen LogP contribution >= 0.6 is 0 Å². The summed E-state index contributed by atoms with van der Waals surface area (Å²) in [6.45, 7) is 2.82. The lowest BCUT2D eigenvalue weighted by molar-refractivity contribution is 0.152. The number of hydrogen-bond donors (Lipinski definition) is 1. The predicted molar refractivity (Wildman–Crippen MR) is 58.3 cm³/mol. The van der Waals surface area contributed by atoms with Crippen molar-refractivity contribution in [3.8, 4) is 0 Å². The van der Waals surface area contributed by atoms with Crippen LogP contribution in [0.5, 0.6) is 0 Å². The fraction of sp³-hybridized carbons (Fsp3) is 1.00. The molecule has 1 aliphatic heterocycles. The first-order valence-electron chi connectivity index (χ1n) is 6.25. The van der Waals surface area contributed by atoms with Crippen molar-refractivity contribution in [2.45, 2.75) is 51.0 Å². The van der Waals surface area contributed by atoms with Crippen LogP contribution in [0.4, 0.5) is 0 Å². The van der Waals surface area contributed by atoms with Crippen molar-refractivity contribution in [3.63, 3.8) is 0 Å². The molecule has 0 unspecified atom stereocenters. The first-order chi connectivity index (χ1) is 6.90. The van der Waals surface area contributed by atoms with Crippen molar-refractivity contribution in [2.75, 3.05) is 19.7 Å². The molecule has 1 heterocycles. The van der Waals surface area contributed by atoms with Crippen LogP contribution in [-0.2, 0) is 0 Å². The maximum Gasteiger partial charge on any atom is 0.0586 e. The maximum absolute atomic E-state index is 9.19. The Morgan fingerprint density at radius 2 is 1.86 bits per heavy atom. The summed E-state index contributed by atoms with van der Waals surface area (Å²) in [5, 5.41) is 9.19. The van der Waals surface area contributed by atoms with Crippen molar-refractivity contribution >= 4 is 0 Å². The van der Waals surface area contributed by atoms with E-state index in [0.717, 1.165) is 5.92 Å². The Bertz CT molecular complexity index is 166. The molecule has 1 aliphatic carbocycles. The Balaban J connectivity index is 1.68. The summed E-state index contributed by atoms with van der Waals surface area (Å²) in [5.41, 5.74) is 0. The van der Waals surface area contributed by atoms with Crippen molar-refractivity contribution in [3.05, 3.63) is 0 Å². The van der Waals surface area contributed by atoms with Crippen LogP contribution in [0.3, 0.4) is 0 Å². The molecule has 0 aromatic carbocycles. The SMILES string of the molecule is OC[C@@H]1CCCN1CCC1CCCC1. The molecule has 1 atom stereocenters. The van der Waals surface area contributed by atoms with E-state index in [-0.39, 0.29) is 0 Å². The monoisotopic (exact) mass is 197 g/mol. The second-order valence-electron chi connectivity index (χ2n) is 4.95. The molecule has 1 saturated carbocycles. The van der Waals surface area contributed by atoms with Gasteiger partial charge in [-0.25, -0.2) is 0 Å². The van der Waals surface area contributed by atoms with Gasteiger partial charge < -0.3 is 5.11 Å². The van der Waals surface area contributed by atoms with E-state index in [1.165, 1.54) is 58.0 Å². The van der Waals surface area contributed by atoms with Crippen molar-refractivity contribution < 1.29 is 5.11 Å². The average Bonchev–Trinajstić information content (AvgIpc) is 2.85. The smallest absolute Gasteiger partial charge is 0.0586 e. The molecule has 1 saturated heterocycles. The normalized spacial score (nSPS) is 30.2. The third-order valence-corrected chi connectivity index (χ3v) is 4.01. The van der Waals surface area contributed by atoms with E-state index < -0.39 is 0 Å². The highest BCUT2D eigenvalue weighted by Gasteiger charge is 2.24. The zero-order valence-corrected chi connectivity index (χ0v) is 9.12. The molecule has 14 heavy (non-hydrogen) atoms. The minimum Gasteiger partial charge on any atom is -0.395 e. The predicted octanol–water partition coefficient (Wildman–Crippen LogP) is 2.02. The highest BCUT2D eigenvalue weighted by Crippen LogP contribution is 2.28. The van der Waals surface area contributed by atoms with Crippen molar-refractivity contribution in [2.24, 2.45) is 5.92 Å². The Labute approximate surface area is 87.3 Å². The molecule has 2 aliphatic rings. The van der Waals surface area contributed by atoms with Crippen molar-refractivity contribution in [1.82, 2.24) is 4.90 Å². The summed E-state index contributed by atoms with van der Waals surface area (Å²) in [7, 11) is 0. The minimum absolute atomic E-state index is 0.366. The zero-order valence-electron chi connectivity index (χ0n) is 9.12. The van der Waals surface area contributed by atoms with E-state index in [4.69, 9.17) is 0 Å². The van der Waals surface area contributed by atoms with E-state index in [9.17, 15) is 5.11 Å². The van der Waals surface area contributed by atoms with Gasteiger partial charge in [-0.3, -0.25) is 4.90 Å². The quantitative estimate of drug-likeness (QED) is 0.745. The molecule has 0 bridgehead atoms. The van der Waals surface area contributed by atoms with Gasteiger partial charge in [0.05, 0.1) is 6.61 Å². The minimum atomic E-state index is 0.366. The van der Waals surface area contributed by atoms with Gasteiger partial charge in [-0.05, 0) is 38.3 Å². The third kappa shape index (κ3) is 2.48.